The second-order valence-corrected chi connectivity index (χ2v) is 8.55. The van der Waals surface area contributed by atoms with E-state index in [0.29, 0.717) is 23.7 Å². The van der Waals surface area contributed by atoms with E-state index in [1.54, 1.807) is 18.5 Å². The number of benzene rings is 1. The molecule has 3 aromatic rings. The molecule has 172 valence electrons. The molecule has 1 fully saturated rings. The maximum Gasteiger partial charge on any atom is 0.155 e. The topological polar surface area (TPSA) is 69.2 Å². The minimum Gasteiger partial charge on any atom is -0.367 e. The van der Waals surface area contributed by atoms with Gasteiger partial charge in [0.1, 0.15) is 11.3 Å². The van der Waals surface area contributed by atoms with E-state index in [4.69, 9.17) is 4.98 Å². The van der Waals surface area contributed by atoms with Crippen LogP contribution in [-0.2, 0) is 0 Å². The largest absolute Gasteiger partial charge is 0.367 e. The molecular weight excluding hydrogens is 417 g/mol. The Balaban J connectivity index is 1.42. The van der Waals surface area contributed by atoms with Crippen LogP contribution < -0.4 is 15.5 Å². The molecule has 8 heteroatoms. The first kappa shape index (κ1) is 21.7. The Morgan fingerprint density at radius 3 is 2.70 bits per heavy atom. The molecule has 5 rings (SSSR count). The summed E-state index contributed by atoms with van der Waals surface area (Å²) in [7, 11) is 0. The highest BCUT2D eigenvalue weighted by Gasteiger charge is 2.19. The number of fused-ring (bicyclic) bond motifs is 1. The zero-order chi connectivity index (χ0) is 22.6. The summed E-state index contributed by atoms with van der Waals surface area (Å²) in [6.07, 6.45) is 6.63. The van der Waals surface area contributed by atoms with Crippen molar-refractivity contribution in [2.75, 3.05) is 62.6 Å². The molecule has 2 aliphatic heterocycles. The Morgan fingerprint density at radius 1 is 1.09 bits per heavy atom. The lowest BCUT2D eigenvalue weighted by Gasteiger charge is -2.35. The lowest BCUT2D eigenvalue weighted by atomic mass is 10.1. The van der Waals surface area contributed by atoms with Crippen LogP contribution in [0.2, 0.25) is 0 Å². The van der Waals surface area contributed by atoms with Crippen molar-refractivity contribution in [2.24, 2.45) is 0 Å². The maximum absolute atomic E-state index is 15.2. The molecule has 1 saturated heterocycles. The van der Waals surface area contributed by atoms with Crippen molar-refractivity contribution >= 4 is 22.5 Å². The molecule has 2 aromatic heterocycles. The van der Waals surface area contributed by atoms with Gasteiger partial charge in [0, 0.05) is 57.2 Å². The van der Waals surface area contributed by atoms with Crippen molar-refractivity contribution in [1.29, 1.82) is 0 Å². The molecule has 0 saturated carbocycles. The highest BCUT2D eigenvalue weighted by molar-refractivity contribution is 5.88. The van der Waals surface area contributed by atoms with Crippen LogP contribution in [0.3, 0.4) is 0 Å². The first-order valence-corrected chi connectivity index (χ1v) is 11.7. The lowest BCUT2D eigenvalue weighted by Crippen LogP contribution is -2.46. The smallest absolute Gasteiger partial charge is 0.155 e. The molecule has 1 aromatic carbocycles. The normalized spacial score (nSPS) is 17.3. The first-order chi connectivity index (χ1) is 16.2. The Hall–Kier alpha value is -3.10. The minimum absolute atomic E-state index is 0.216. The third kappa shape index (κ3) is 4.82. The van der Waals surface area contributed by atoms with Crippen LogP contribution in [0.5, 0.6) is 0 Å². The van der Waals surface area contributed by atoms with E-state index in [1.807, 2.05) is 18.2 Å². The number of halogens is 1. The van der Waals surface area contributed by atoms with E-state index in [1.165, 1.54) is 5.57 Å². The number of piperazine rings is 1. The zero-order valence-electron chi connectivity index (χ0n) is 19.0. The van der Waals surface area contributed by atoms with E-state index in [0.717, 1.165) is 68.8 Å². The van der Waals surface area contributed by atoms with Crippen molar-refractivity contribution in [1.82, 2.24) is 25.2 Å². The third-order valence-electron chi connectivity index (χ3n) is 6.45. The number of hydrogen-bond acceptors (Lipinski definition) is 7. The van der Waals surface area contributed by atoms with Crippen LogP contribution in [0.4, 0.5) is 15.9 Å². The quantitative estimate of drug-likeness (QED) is 0.562. The molecular formula is C25H30FN7. The molecule has 7 nitrogen and oxygen atoms in total. The van der Waals surface area contributed by atoms with Gasteiger partial charge in [0.05, 0.1) is 16.9 Å². The van der Waals surface area contributed by atoms with Crippen molar-refractivity contribution in [2.45, 2.75) is 13.3 Å². The molecule has 33 heavy (non-hydrogen) atoms. The standard InChI is InChI=1S/C25H30FN7/c1-2-32-10-12-33(13-11-32)23-6-5-19(14-20(23)26)21-15-22-24(29-9-8-28-22)25(31-21)30-17-18-4-3-7-27-16-18/h4-6,8-9,14-15,27H,2-3,7,10-13,16-17H2,1H3,(H,30,31). The highest BCUT2D eigenvalue weighted by atomic mass is 19.1. The predicted molar refractivity (Wildman–Crippen MR) is 131 cm³/mol. The summed E-state index contributed by atoms with van der Waals surface area (Å²) in [4.78, 5) is 18.3. The second-order valence-electron chi connectivity index (χ2n) is 8.55. The molecule has 0 aliphatic carbocycles. The number of rotatable bonds is 6. The van der Waals surface area contributed by atoms with Gasteiger partial charge in [-0.1, -0.05) is 19.1 Å². The Kier molecular flexibility index (Phi) is 6.46. The molecule has 4 heterocycles. The first-order valence-electron chi connectivity index (χ1n) is 11.7. The van der Waals surface area contributed by atoms with E-state index < -0.39 is 0 Å². The van der Waals surface area contributed by atoms with Crippen molar-refractivity contribution in [3.63, 3.8) is 0 Å². The van der Waals surface area contributed by atoms with Gasteiger partial charge < -0.3 is 20.4 Å². The van der Waals surface area contributed by atoms with Crippen LogP contribution >= 0.6 is 0 Å². The summed E-state index contributed by atoms with van der Waals surface area (Å²) in [6, 6.07) is 7.29. The number of pyridine rings is 1. The molecule has 2 aliphatic rings. The fourth-order valence-electron chi connectivity index (χ4n) is 4.50. The Bertz CT molecular complexity index is 1150. The van der Waals surface area contributed by atoms with Gasteiger partial charge in [0.2, 0.25) is 0 Å². The van der Waals surface area contributed by atoms with Crippen LogP contribution in [-0.4, -0.2) is 72.2 Å². The number of nitrogens with one attached hydrogen (secondary N) is 2. The maximum atomic E-state index is 15.2. The van der Waals surface area contributed by atoms with Gasteiger partial charge in [-0.15, -0.1) is 0 Å². The Morgan fingerprint density at radius 2 is 1.94 bits per heavy atom. The summed E-state index contributed by atoms with van der Waals surface area (Å²) in [5.74, 6) is 0.452. The van der Waals surface area contributed by atoms with Crippen LogP contribution in [0.1, 0.15) is 13.3 Å². The minimum atomic E-state index is -0.216. The van der Waals surface area contributed by atoms with Crippen LogP contribution in [0.15, 0.2) is 48.3 Å². The monoisotopic (exact) mass is 447 g/mol. The fourth-order valence-corrected chi connectivity index (χ4v) is 4.50. The van der Waals surface area contributed by atoms with Crippen LogP contribution in [0, 0.1) is 5.82 Å². The van der Waals surface area contributed by atoms with Gasteiger partial charge >= 0.3 is 0 Å². The van der Waals surface area contributed by atoms with Gasteiger partial charge in [-0.3, -0.25) is 4.98 Å². The van der Waals surface area contributed by atoms with Gasteiger partial charge in [-0.05, 0) is 43.3 Å². The summed E-state index contributed by atoms with van der Waals surface area (Å²) < 4.78 is 15.2. The van der Waals surface area contributed by atoms with E-state index >= 15 is 4.39 Å². The number of nitrogens with zero attached hydrogens (tertiary/aromatic N) is 5. The Labute approximate surface area is 193 Å². The summed E-state index contributed by atoms with van der Waals surface area (Å²) >= 11 is 0. The summed E-state index contributed by atoms with van der Waals surface area (Å²) in [5, 5.41) is 6.81. The average molecular weight is 448 g/mol. The van der Waals surface area contributed by atoms with Crippen molar-refractivity contribution < 1.29 is 4.39 Å². The van der Waals surface area contributed by atoms with E-state index in [-0.39, 0.29) is 5.82 Å². The molecule has 0 amide bonds. The van der Waals surface area contributed by atoms with Gasteiger partial charge in [0.15, 0.2) is 5.82 Å². The average Bonchev–Trinajstić information content (AvgIpc) is 2.88. The van der Waals surface area contributed by atoms with Gasteiger partial charge in [-0.2, -0.15) is 0 Å². The zero-order valence-corrected chi connectivity index (χ0v) is 19.0. The third-order valence-corrected chi connectivity index (χ3v) is 6.45. The van der Waals surface area contributed by atoms with E-state index in [9.17, 15) is 0 Å². The predicted octanol–water partition coefficient (Wildman–Crippen LogP) is 3.30. The fraction of sp³-hybridized carbons (Fsp3) is 0.400. The number of likely N-dealkylation sites (N-methyl/N-ethyl adjacent to an activating group) is 1. The molecule has 0 spiro atoms. The van der Waals surface area contributed by atoms with Gasteiger partial charge in [0.25, 0.3) is 0 Å². The van der Waals surface area contributed by atoms with Crippen molar-refractivity contribution in [3.05, 3.63) is 54.1 Å². The van der Waals surface area contributed by atoms with Crippen molar-refractivity contribution in [3.8, 4) is 11.3 Å². The molecule has 0 atom stereocenters. The number of hydrogen-bond donors (Lipinski definition) is 2. The lowest BCUT2D eigenvalue weighted by molar-refractivity contribution is 0.270. The number of anilines is 2. The molecule has 2 N–H and O–H groups in total. The van der Waals surface area contributed by atoms with E-state index in [2.05, 4.69) is 43.4 Å². The molecule has 0 radical (unpaired) electrons. The summed E-state index contributed by atoms with van der Waals surface area (Å²) in [6.45, 7) is 9.38. The SMILES string of the molecule is CCN1CCN(c2ccc(-c3cc4nccnc4c(NCC4=CCCNC4)n3)cc2F)CC1. The summed E-state index contributed by atoms with van der Waals surface area (Å²) in [5.41, 5.74) is 4.83. The molecule has 0 unspecified atom stereocenters. The highest BCUT2D eigenvalue weighted by Crippen LogP contribution is 2.29. The number of aromatic nitrogens is 3. The molecule has 0 bridgehead atoms. The van der Waals surface area contributed by atoms with Crippen LogP contribution in [0.25, 0.3) is 22.3 Å². The second kappa shape index (κ2) is 9.80. The van der Waals surface area contributed by atoms with Gasteiger partial charge in [-0.25, -0.2) is 14.4 Å².